The number of nitrogens with zero attached hydrogens (tertiary/aromatic N) is 1. The van der Waals surface area contributed by atoms with E-state index in [1.807, 2.05) is 25.3 Å². The van der Waals surface area contributed by atoms with Gasteiger partial charge in [-0.1, -0.05) is 96.2 Å². The van der Waals surface area contributed by atoms with Gasteiger partial charge in [-0.3, -0.25) is 4.98 Å². The van der Waals surface area contributed by atoms with Gasteiger partial charge in [0.05, 0.1) is 6.04 Å². The van der Waals surface area contributed by atoms with E-state index in [9.17, 15) is 0 Å². The van der Waals surface area contributed by atoms with E-state index >= 15 is 0 Å². The minimum atomic E-state index is 0.352. The first kappa shape index (κ1) is 38.6. The van der Waals surface area contributed by atoms with E-state index in [0.29, 0.717) is 6.04 Å². The lowest BCUT2D eigenvalue weighted by molar-refractivity contribution is 0.830. The Morgan fingerprint density at radius 2 is 1.69 bits per heavy atom. The highest BCUT2D eigenvalue weighted by molar-refractivity contribution is 5.78. The van der Waals surface area contributed by atoms with Gasteiger partial charge in [0.1, 0.15) is 0 Å². The zero-order valence-electron chi connectivity index (χ0n) is 31.3. The minimum absolute atomic E-state index is 0.352. The van der Waals surface area contributed by atoms with Gasteiger partial charge in [0.2, 0.25) is 0 Å². The molecule has 5 rings (SSSR count). The van der Waals surface area contributed by atoms with Crippen LogP contribution in [-0.4, -0.2) is 17.6 Å². The second kappa shape index (κ2) is 19.8. The van der Waals surface area contributed by atoms with Crippen LogP contribution in [0, 0.1) is 27.7 Å². The van der Waals surface area contributed by atoms with Crippen molar-refractivity contribution in [2.75, 3.05) is 17.2 Å². The molecular formula is C46H57N3. The van der Waals surface area contributed by atoms with Crippen LogP contribution in [0.5, 0.6) is 0 Å². The summed E-state index contributed by atoms with van der Waals surface area (Å²) in [6.07, 6.45) is 23.4. The molecule has 1 atom stereocenters. The van der Waals surface area contributed by atoms with Crippen LogP contribution in [0.15, 0.2) is 150 Å². The highest BCUT2D eigenvalue weighted by Crippen LogP contribution is 2.29. The molecule has 256 valence electrons. The molecule has 3 nitrogen and oxygen atoms in total. The number of aromatic nitrogens is 1. The maximum atomic E-state index is 4.04. The number of anilines is 2. The molecule has 0 radical (unpaired) electrons. The number of allylic oxidation sites excluding steroid dienone is 12. The Bertz CT molecular complexity index is 1770. The Labute approximate surface area is 297 Å². The van der Waals surface area contributed by atoms with Crippen molar-refractivity contribution in [3.05, 3.63) is 178 Å². The standard InChI is InChI=1S/C28H34N2.C11H14.C7H9N/c1-20(2)9-6-7-16-29-27-14-12-24(18-22(27)4)25-13-15-28(23(5)19-25)30-26-11-8-10-21(3)17-26;1-4-11-7-5-6-9(2)8-10(11)3;1-6-3-4-8-7(2)5-6/h6-14,17-19,28-30H,15-16H2,1-5H3;4-5,7-8H,1,6H2,2-3H3;3-5H,1-2H3/b7-6-;;. The zero-order valence-corrected chi connectivity index (χ0v) is 31.3. The molecule has 1 aromatic heterocycles. The molecule has 1 unspecified atom stereocenters. The summed E-state index contributed by atoms with van der Waals surface area (Å²) in [6, 6.07) is 19.7. The fraction of sp³-hybridized carbons (Fsp3) is 0.283. The second-order valence-corrected chi connectivity index (χ2v) is 13.3. The second-order valence-electron chi connectivity index (χ2n) is 13.3. The predicted octanol–water partition coefficient (Wildman–Crippen LogP) is 12.5. The molecule has 0 spiro atoms. The molecule has 0 saturated heterocycles. The third-order valence-electron chi connectivity index (χ3n) is 8.33. The van der Waals surface area contributed by atoms with Gasteiger partial charge in [-0.2, -0.15) is 0 Å². The highest BCUT2D eigenvalue weighted by atomic mass is 14.9. The summed E-state index contributed by atoms with van der Waals surface area (Å²) >= 11 is 0. The van der Waals surface area contributed by atoms with Crippen LogP contribution in [0.3, 0.4) is 0 Å². The molecule has 0 bridgehead atoms. The first-order valence-corrected chi connectivity index (χ1v) is 17.4. The Balaban J connectivity index is 0.000000277. The summed E-state index contributed by atoms with van der Waals surface area (Å²) in [5, 5.41) is 7.17. The van der Waals surface area contributed by atoms with Crippen LogP contribution in [0.25, 0.3) is 5.57 Å². The highest BCUT2D eigenvalue weighted by Gasteiger charge is 2.16. The van der Waals surface area contributed by atoms with E-state index < -0.39 is 0 Å². The average Bonchev–Trinajstić information content (AvgIpc) is 3.21. The Morgan fingerprint density at radius 3 is 2.33 bits per heavy atom. The molecule has 0 aliphatic heterocycles. The van der Waals surface area contributed by atoms with E-state index in [2.05, 4.69) is 175 Å². The van der Waals surface area contributed by atoms with Crippen molar-refractivity contribution in [3.63, 3.8) is 0 Å². The number of aryl methyl sites for hydroxylation is 4. The third kappa shape index (κ3) is 13.6. The molecule has 2 aliphatic rings. The SMILES string of the molecule is C=CC1=C(C)C=C(C)CC=C1.CC(C)=C/C=C\CNc1ccc(C2=CCC(Nc3cccc(C)c3)C(C)=C2)cc1C.Cc1ccnc(C)c1. The lowest BCUT2D eigenvalue weighted by Gasteiger charge is -2.24. The fourth-order valence-corrected chi connectivity index (χ4v) is 5.62. The molecule has 3 heteroatoms. The van der Waals surface area contributed by atoms with E-state index in [4.69, 9.17) is 0 Å². The van der Waals surface area contributed by atoms with Crippen LogP contribution in [0.1, 0.15) is 75.4 Å². The number of hydrogen-bond acceptors (Lipinski definition) is 3. The van der Waals surface area contributed by atoms with E-state index in [-0.39, 0.29) is 0 Å². The average molecular weight is 652 g/mol. The monoisotopic (exact) mass is 651 g/mol. The molecular weight excluding hydrogens is 595 g/mol. The number of rotatable bonds is 8. The lowest BCUT2D eigenvalue weighted by Crippen LogP contribution is -2.22. The quantitative estimate of drug-likeness (QED) is 0.238. The molecule has 2 aromatic carbocycles. The Kier molecular flexibility index (Phi) is 15.6. The number of pyridine rings is 1. The van der Waals surface area contributed by atoms with Crippen molar-refractivity contribution in [1.82, 2.24) is 4.98 Å². The predicted molar refractivity (Wildman–Crippen MR) is 217 cm³/mol. The molecule has 0 amide bonds. The van der Waals surface area contributed by atoms with E-state index in [0.717, 1.165) is 25.1 Å². The Hall–Kier alpha value is -4.89. The third-order valence-corrected chi connectivity index (χ3v) is 8.33. The molecule has 3 aromatic rings. The molecule has 2 aliphatic carbocycles. The van der Waals surface area contributed by atoms with Crippen LogP contribution in [0.4, 0.5) is 11.4 Å². The zero-order chi connectivity index (χ0) is 35.8. The normalized spacial score (nSPS) is 15.4. The summed E-state index contributed by atoms with van der Waals surface area (Å²) < 4.78 is 0. The fourth-order valence-electron chi connectivity index (χ4n) is 5.62. The maximum Gasteiger partial charge on any atom is 0.0509 e. The molecule has 2 N–H and O–H groups in total. The van der Waals surface area contributed by atoms with Gasteiger partial charge in [0.15, 0.2) is 0 Å². The van der Waals surface area contributed by atoms with Crippen molar-refractivity contribution >= 4 is 16.9 Å². The number of hydrogen-bond donors (Lipinski definition) is 2. The van der Waals surface area contributed by atoms with Gasteiger partial charge >= 0.3 is 0 Å². The van der Waals surface area contributed by atoms with Crippen LogP contribution in [-0.2, 0) is 0 Å². The topological polar surface area (TPSA) is 37.0 Å². The summed E-state index contributed by atoms with van der Waals surface area (Å²) in [7, 11) is 0. The first-order chi connectivity index (χ1) is 23.4. The first-order valence-electron chi connectivity index (χ1n) is 17.4. The van der Waals surface area contributed by atoms with Gasteiger partial charge in [-0.25, -0.2) is 0 Å². The lowest BCUT2D eigenvalue weighted by atomic mass is 9.91. The molecule has 0 fully saturated rings. The molecule has 49 heavy (non-hydrogen) atoms. The minimum Gasteiger partial charge on any atom is -0.381 e. The van der Waals surface area contributed by atoms with Crippen LogP contribution < -0.4 is 10.6 Å². The van der Waals surface area contributed by atoms with Crippen molar-refractivity contribution in [2.45, 2.75) is 81.2 Å². The van der Waals surface area contributed by atoms with Crippen molar-refractivity contribution in [2.24, 2.45) is 0 Å². The summed E-state index contributed by atoms with van der Waals surface area (Å²) in [5.74, 6) is 0. The van der Waals surface area contributed by atoms with Gasteiger partial charge < -0.3 is 10.6 Å². The van der Waals surface area contributed by atoms with Crippen molar-refractivity contribution in [3.8, 4) is 0 Å². The van der Waals surface area contributed by atoms with Gasteiger partial charge in [0, 0.05) is 29.8 Å². The summed E-state index contributed by atoms with van der Waals surface area (Å²) in [6.45, 7) is 23.7. The van der Waals surface area contributed by atoms with E-state index in [1.165, 1.54) is 67.1 Å². The Morgan fingerprint density at radius 1 is 0.918 bits per heavy atom. The van der Waals surface area contributed by atoms with Gasteiger partial charge in [-0.15, -0.1) is 0 Å². The summed E-state index contributed by atoms with van der Waals surface area (Å²) in [4.78, 5) is 4.04. The number of nitrogens with one attached hydrogen (secondary N) is 2. The van der Waals surface area contributed by atoms with Gasteiger partial charge in [0.25, 0.3) is 0 Å². The molecule has 0 saturated carbocycles. The number of benzene rings is 2. The smallest absolute Gasteiger partial charge is 0.0509 e. The molecule has 1 heterocycles. The van der Waals surface area contributed by atoms with Gasteiger partial charge in [-0.05, 0) is 151 Å². The maximum absolute atomic E-state index is 4.04. The van der Waals surface area contributed by atoms with Crippen molar-refractivity contribution < 1.29 is 0 Å². The van der Waals surface area contributed by atoms with Crippen molar-refractivity contribution in [1.29, 1.82) is 0 Å². The van der Waals surface area contributed by atoms with E-state index in [1.54, 1.807) is 0 Å². The summed E-state index contributed by atoms with van der Waals surface area (Å²) in [5.41, 5.74) is 16.5. The van der Waals surface area contributed by atoms with Crippen LogP contribution >= 0.6 is 0 Å². The largest absolute Gasteiger partial charge is 0.381 e. The van der Waals surface area contributed by atoms with Crippen LogP contribution in [0.2, 0.25) is 0 Å².